The summed E-state index contributed by atoms with van der Waals surface area (Å²) in [4.78, 5) is 4.80. The van der Waals surface area contributed by atoms with Gasteiger partial charge in [-0.2, -0.15) is 15.3 Å². The van der Waals surface area contributed by atoms with Gasteiger partial charge in [-0.3, -0.25) is 0 Å². The molecular weight excluding hydrogens is 298 g/mol. The quantitative estimate of drug-likeness (QED) is 0.709. The fourth-order valence-electron chi connectivity index (χ4n) is 2.55. The van der Waals surface area contributed by atoms with E-state index in [4.69, 9.17) is 10.1 Å². The number of benzene rings is 1. The summed E-state index contributed by atoms with van der Waals surface area (Å²) in [6, 6.07) is 10.5. The van der Waals surface area contributed by atoms with E-state index >= 15 is 0 Å². The van der Waals surface area contributed by atoms with E-state index in [1.54, 1.807) is 6.20 Å². The predicted octanol–water partition coefficient (Wildman–Crippen LogP) is 4.11. The molecular formula is C19H23N5. The van der Waals surface area contributed by atoms with Crippen LogP contribution >= 0.6 is 0 Å². The second kappa shape index (κ2) is 6.91. The van der Waals surface area contributed by atoms with Gasteiger partial charge in [-0.05, 0) is 43.5 Å². The van der Waals surface area contributed by atoms with Crippen LogP contribution in [0, 0.1) is 6.92 Å². The molecule has 2 heterocycles. The van der Waals surface area contributed by atoms with E-state index in [2.05, 4.69) is 55.2 Å². The second-order valence-corrected chi connectivity index (χ2v) is 6.12. The third-order valence-electron chi connectivity index (χ3n) is 4.30. The van der Waals surface area contributed by atoms with Crippen LogP contribution in [0.4, 0.5) is 0 Å². The average Bonchev–Trinajstić information content (AvgIpc) is 3.06. The fourth-order valence-corrected chi connectivity index (χ4v) is 2.55. The van der Waals surface area contributed by atoms with Crippen LogP contribution in [0.3, 0.4) is 0 Å². The third-order valence-corrected chi connectivity index (χ3v) is 4.30. The molecule has 0 aliphatic rings. The first-order chi connectivity index (χ1) is 11.6. The van der Waals surface area contributed by atoms with Crippen molar-refractivity contribution < 1.29 is 0 Å². The molecule has 0 N–H and O–H groups in total. The Kier molecular flexibility index (Phi) is 4.69. The van der Waals surface area contributed by atoms with Gasteiger partial charge in [0.15, 0.2) is 11.6 Å². The van der Waals surface area contributed by atoms with Crippen LogP contribution in [0.15, 0.2) is 36.5 Å². The fraction of sp³-hybridized carbons (Fsp3) is 0.368. The lowest BCUT2D eigenvalue weighted by atomic mass is 10.1. The van der Waals surface area contributed by atoms with Gasteiger partial charge in [-0.1, -0.05) is 32.9 Å². The molecule has 2 aromatic heterocycles. The molecule has 0 fully saturated rings. The maximum Gasteiger partial charge on any atom is 0.165 e. The molecule has 5 heteroatoms. The third kappa shape index (κ3) is 3.20. The first-order valence-corrected chi connectivity index (χ1v) is 8.48. The largest absolute Gasteiger partial charge is 0.213 e. The molecule has 0 saturated carbocycles. The van der Waals surface area contributed by atoms with Crippen LogP contribution in [0.25, 0.3) is 17.1 Å². The molecule has 1 unspecified atom stereocenters. The molecule has 1 atom stereocenters. The standard InChI is InChI=1S/C19H23N5/c1-5-13(3)18-21-19(16-11-14(4)22-20-12-16)24(23-18)17-9-7-15(6-2)8-10-17/h7-13H,5-6H2,1-4H3. The summed E-state index contributed by atoms with van der Waals surface area (Å²) in [6.45, 7) is 8.39. The minimum absolute atomic E-state index is 0.316. The van der Waals surface area contributed by atoms with Crippen LogP contribution in [-0.4, -0.2) is 25.0 Å². The van der Waals surface area contributed by atoms with E-state index in [1.807, 2.05) is 17.7 Å². The van der Waals surface area contributed by atoms with Crippen molar-refractivity contribution in [3.8, 4) is 17.1 Å². The van der Waals surface area contributed by atoms with Crippen LogP contribution in [0.5, 0.6) is 0 Å². The lowest BCUT2D eigenvalue weighted by Gasteiger charge is -2.07. The number of aromatic nitrogens is 5. The Balaban J connectivity index is 2.13. The highest BCUT2D eigenvalue weighted by Gasteiger charge is 2.17. The molecule has 0 spiro atoms. The normalized spacial score (nSPS) is 12.3. The molecule has 0 aliphatic heterocycles. The molecule has 124 valence electrons. The molecule has 0 radical (unpaired) electrons. The number of nitrogens with zero attached hydrogens (tertiary/aromatic N) is 5. The minimum atomic E-state index is 0.316. The molecule has 3 aromatic rings. The van der Waals surface area contributed by atoms with Gasteiger partial charge in [0, 0.05) is 11.5 Å². The highest BCUT2D eigenvalue weighted by molar-refractivity contribution is 5.57. The van der Waals surface area contributed by atoms with Crippen molar-refractivity contribution in [2.75, 3.05) is 0 Å². The highest BCUT2D eigenvalue weighted by Crippen LogP contribution is 2.24. The van der Waals surface area contributed by atoms with Crippen molar-refractivity contribution in [1.29, 1.82) is 0 Å². The number of rotatable bonds is 5. The van der Waals surface area contributed by atoms with Gasteiger partial charge in [0.1, 0.15) is 0 Å². The molecule has 0 saturated heterocycles. The van der Waals surface area contributed by atoms with Gasteiger partial charge in [-0.25, -0.2) is 9.67 Å². The minimum Gasteiger partial charge on any atom is -0.213 e. The van der Waals surface area contributed by atoms with E-state index in [-0.39, 0.29) is 0 Å². The smallest absolute Gasteiger partial charge is 0.165 e. The van der Waals surface area contributed by atoms with Gasteiger partial charge >= 0.3 is 0 Å². The second-order valence-electron chi connectivity index (χ2n) is 6.12. The zero-order chi connectivity index (χ0) is 17.1. The van der Waals surface area contributed by atoms with E-state index in [0.717, 1.165) is 41.4 Å². The summed E-state index contributed by atoms with van der Waals surface area (Å²) >= 11 is 0. The topological polar surface area (TPSA) is 56.5 Å². The van der Waals surface area contributed by atoms with E-state index in [9.17, 15) is 0 Å². The monoisotopic (exact) mass is 321 g/mol. The van der Waals surface area contributed by atoms with Crippen molar-refractivity contribution >= 4 is 0 Å². The Bertz CT molecular complexity index is 820. The van der Waals surface area contributed by atoms with Crippen molar-refractivity contribution in [3.05, 3.63) is 53.6 Å². The van der Waals surface area contributed by atoms with Gasteiger partial charge in [-0.15, -0.1) is 0 Å². The van der Waals surface area contributed by atoms with Gasteiger partial charge in [0.05, 0.1) is 17.6 Å². The van der Waals surface area contributed by atoms with Crippen molar-refractivity contribution in [2.24, 2.45) is 0 Å². The summed E-state index contributed by atoms with van der Waals surface area (Å²) in [6.07, 6.45) is 3.77. The molecule has 5 nitrogen and oxygen atoms in total. The Morgan fingerprint density at radius 3 is 2.50 bits per heavy atom. The molecule has 0 bridgehead atoms. The van der Waals surface area contributed by atoms with E-state index in [0.29, 0.717) is 5.92 Å². The van der Waals surface area contributed by atoms with Crippen molar-refractivity contribution in [2.45, 2.75) is 46.5 Å². The first-order valence-electron chi connectivity index (χ1n) is 8.48. The summed E-state index contributed by atoms with van der Waals surface area (Å²) in [5.74, 6) is 1.99. The van der Waals surface area contributed by atoms with Crippen LogP contribution in [-0.2, 0) is 6.42 Å². The van der Waals surface area contributed by atoms with E-state index < -0.39 is 0 Å². The zero-order valence-electron chi connectivity index (χ0n) is 14.7. The number of aryl methyl sites for hydroxylation is 2. The number of hydrogen-bond acceptors (Lipinski definition) is 4. The molecule has 0 amide bonds. The van der Waals surface area contributed by atoms with Crippen molar-refractivity contribution in [1.82, 2.24) is 25.0 Å². The lowest BCUT2D eigenvalue weighted by Crippen LogP contribution is -2.01. The Labute approximate surface area is 142 Å². The average molecular weight is 321 g/mol. The summed E-state index contributed by atoms with van der Waals surface area (Å²) in [5, 5.41) is 12.9. The maximum absolute atomic E-state index is 4.80. The predicted molar refractivity (Wildman–Crippen MR) is 95.2 cm³/mol. The maximum atomic E-state index is 4.80. The molecule has 3 rings (SSSR count). The zero-order valence-corrected chi connectivity index (χ0v) is 14.7. The van der Waals surface area contributed by atoms with Crippen LogP contribution in [0.1, 0.15) is 50.2 Å². The van der Waals surface area contributed by atoms with Gasteiger partial charge < -0.3 is 0 Å². The highest BCUT2D eigenvalue weighted by atomic mass is 15.4. The van der Waals surface area contributed by atoms with Crippen LogP contribution in [0.2, 0.25) is 0 Å². The first kappa shape index (κ1) is 16.3. The van der Waals surface area contributed by atoms with Gasteiger partial charge in [0.25, 0.3) is 0 Å². The van der Waals surface area contributed by atoms with Crippen LogP contribution < -0.4 is 0 Å². The molecule has 1 aromatic carbocycles. The Morgan fingerprint density at radius 1 is 1.12 bits per heavy atom. The number of hydrogen-bond donors (Lipinski definition) is 0. The summed E-state index contributed by atoms with van der Waals surface area (Å²) in [5.41, 5.74) is 4.13. The SMILES string of the molecule is CCc1ccc(-n2nc(C(C)CC)nc2-c2cnnc(C)c2)cc1. The van der Waals surface area contributed by atoms with Crippen molar-refractivity contribution in [3.63, 3.8) is 0 Å². The Hall–Kier alpha value is -2.56. The molecule has 24 heavy (non-hydrogen) atoms. The summed E-state index contributed by atoms with van der Waals surface area (Å²) in [7, 11) is 0. The molecule has 0 aliphatic carbocycles. The van der Waals surface area contributed by atoms with E-state index in [1.165, 1.54) is 5.56 Å². The summed E-state index contributed by atoms with van der Waals surface area (Å²) < 4.78 is 1.91. The Morgan fingerprint density at radius 2 is 1.88 bits per heavy atom. The lowest BCUT2D eigenvalue weighted by molar-refractivity contribution is 0.672. The van der Waals surface area contributed by atoms with Gasteiger partial charge in [0.2, 0.25) is 0 Å².